The number of pyridine rings is 1. The molecule has 0 bridgehead atoms. The van der Waals surface area contributed by atoms with Crippen LogP contribution in [0.1, 0.15) is 43.4 Å². The minimum absolute atomic E-state index is 0.0672. The van der Waals surface area contributed by atoms with Crippen molar-refractivity contribution in [2.45, 2.75) is 51.6 Å². The van der Waals surface area contributed by atoms with E-state index in [0.717, 1.165) is 24.1 Å². The van der Waals surface area contributed by atoms with Gasteiger partial charge in [0.2, 0.25) is 0 Å². The second kappa shape index (κ2) is 6.38. The molecule has 0 aromatic carbocycles. The fourth-order valence-electron chi connectivity index (χ4n) is 2.27. The van der Waals surface area contributed by atoms with Crippen molar-refractivity contribution in [1.82, 2.24) is 15.6 Å². The van der Waals surface area contributed by atoms with E-state index in [1.807, 2.05) is 19.1 Å². The third-order valence-corrected chi connectivity index (χ3v) is 3.37. The quantitative estimate of drug-likeness (QED) is 0.862. The van der Waals surface area contributed by atoms with Gasteiger partial charge in [0.05, 0.1) is 0 Å². The van der Waals surface area contributed by atoms with Crippen molar-refractivity contribution in [1.29, 1.82) is 0 Å². The molecule has 1 aliphatic carbocycles. The lowest BCUT2D eigenvalue weighted by molar-refractivity contribution is 0.232. The molecule has 1 aromatic heterocycles. The molecule has 2 amide bonds. The molecule has 1 fully saturated rings. The van der Waals surface area contributed by atoms with E-state index in [-0.39, 0.29) is 6.03 Å². The van der Waals surface area contributed by atoms with Crippen LogP contribution >= 0.6 is 0 Å². The lowest BCUT2D eigenvalue weighted by Gasteiger charge is -2.22. The zero-order valence-electron chi connectivity index (χ0n) is 10.9. The SMILES string of the molecule is Cc1ccc(CNC(=O)NC2CCCCC2)cn1. The van der Waals surface area contributed by atoms with Crippen LogP contribution < -0.4 is 10.6 Å². The molecular weight excluding hydrogens is 226 g/mol. The molecule has 1 aliphatic rings. The van der Waals surface area contributed by atoms with Crippen molar-refractivity contribution in [2.75, 3.05) is 0 Å². The van der Waals surface area contributed by atoms with Gasteiger partial charge in [0, 0.05) is 24.5 Å². The maximum atomic E-state index is 11.7. The molecule has 4 nitrogen and oxygen atoms in total. The summed E-state index contributed by atoms with van der Waals surface area (Å²) in [6.45, 7) is 2.48. The molecule has 1 saturated carbocycles. The number of rotatable bonds is 3. The van der Waals surface area contributed by atoms with Crippen LogP contribution in [0.2, 0.25) is 0 Å². The lowest BCUT2D eigenvalue weighted by Crippen LogP contribution is -2.42. The number of hydrogen-bond acceptors (Lipinski definition) is 2. The van der Waals surface area contributed by atoms with Crippen LogP contribution in [0.15, 0.2) is 18.3 Å². The largest absolute Gasteiger partial charge is 0.335 e. The minimum Gasteiger partial charge on any atom is -0.335 e. The highest BCUT2D eigenvalue weighted by Crippen LogP contribution is 2.17. The maximum absolute atomic E-state index is 11.7. The summed E-state index contributed by atoms with van der Waals surface area (Å²) in [6.07, 6.45) is 7.78. The lowest BCUT2D eigenvalue weighted by atomic mass is 9.96. The summed E-state index contributed by atoms with van der Waals surface area (Å²) in [5.41, 5.74) is 2.02. The summed E-state index contributed by atoms with van der Waals surface area (Å²) in [7, 11) is 0. The van der Waals surface area contributed by atoms with Crippen molar-refractivity contribution >= 4 is 6.03 Å². The predicted octanol–water partition coefficient (Wildman–Crippen LogP) is 2.52. The Morgan fingerprint density at radius 3 is 2.78 bits per heavy atom. The van der Waals surface area contributed by atoms with E-state index in [2.05, 4.69) is 15.6 Å². The highest BCUT2D eigenvalue weighted by molar-refractivity contribution is 5.74. The van der Waals surface area contributed by atoms with Gasteiger partial charge in [0.1, 0.15) is 0 Å². The molecule has 0 atom stereocenters. The third kappa shape index (κ3) is 4.02. The van der Waals surface area contributed by atoms with Crippen LogP contribution in [-0.2, 0) is 6.54 Å². The molecule has 98 valence electrons. The van der Waals surface area contributed by atoms with Crippen LogP contribution in [0.4, 0.5) is 4.79 Å². The second-order valence-electron chi connectivity index (χ2n) is 4.97. The summed E-state index contributed by atoms with van der Waals surface area (Å²) in [5.74, 6) is 0. The Kier molecular flexibility index (Phi) is 4.56. The molecule has 2 N–H and O–H groups in total. The number of carbonyl (C=O) groups is 1. The Hall–Kier alpha value is -1.58. The molecule has 0 spiro atoms. The molecule has 0 radical (unpaired) electrons. The second-order valence-corrected chi connectivity index (χ2v) is 4.97. The van der Waals surface area contributed by atoms with Gasteiger partial charge >= 0.3 is 6.03 Å². The number of aromatic nitrogens is 1. The molecule has 2 rings (SSSR count). The monoisotopic (exact) mass is 247 g/mol. The first-order chi connectivity index (χ1) is 8.74. The van der Waals surface area contributed by atoms with Crippen LogP contribution in [0.5, 0.6) is 0 Å². The van der Waals surface area contributed by atoms with E-state index in [4.69, 9.17) is 0 Å². The normalized spacial score (nSPS) is 16.3. The Morgan fingerprint density at radius 1 is 1.33 bits per heavy atom. The van der Waals surface area contributed by atoms with Gasteiger partial charge in [0.15, 0.2) is 0 Å². The van der Waals surface area contributed by atoms with Crippen molar-refractivity contribution in [3.63, 3.8) is 0 Å². The molecule has 0 saturated heterocycles. The average Bonchev–Trinajstić information content (AvgIpc) is 2.39. The first kappa shape index (κ1) is 12.9. The van der Waals surface area contributed by atoms with Crippen molar-refractivity contribution in [3.8, 4) is 0 Å². The molecule has 18 heavy (non-hydrogen) atoms. The topological polar surface area (TPSA) is 54.0 Å². The van der Waals surface area contributed by atoms with Gasteiger partial charge in [-0.15, -0.1) is 0 Å². The van der Waals surface area contributed by atoms with E-state index < -0.39 is 0 Å². The van der Waals surface area contributed by atoms with Gasteiger partial charge in [-0.3, -0.25) is 4.98 Å². The number of amides is 2. The first-order valence-corrected chi connectivity index (χ1v) is 6.70. The van der Waals surface area contributed by atoms with E-state index >= 15 is 0 Å². The summed E-state index contributed by atoms with van der Waals surface area (Å²) < 4.78 is 0. The Balaban J connectivity index is 1.72. The summed E-state index contributed by atoms with van der Waals surface area (Å²) >= 11 is 0. The van der Waals surface area contributed by atoms with Crippen LogP contribution in [-0.4, -0.2) is 17.1 Å². The molecule has 4 heteroatoms. The third-order valence-electron chi connectivity index (χ3n) is 3.37. The van der Waals surface area contributed by atoms with Gasteiger partial charge in [-0.2, -0.15) is 0 Å². The predicted molar refractivity (Wildman–Crippen MR) is 71.2 cm³/mol. The van der Waals surface area contributed by atoms with Gasteiger partial charge in [0.25, 0.3) is 0 Å². The average molecular weight is 247 g/mol. The number of aryl methyl sites for hydroxylation is 1. The molecule has 1 aromatic rings. The number of nitrogens with one attached hydrogen (secondary N) is 2. The highest BCUT2D eigenvalue weighted by atomic mass is 16.2. The molecule has 0 unspecified atom stereocenters. The number of carbonyl (C=O) groups excluding carboxylic acids is 1. The van der Waals surface area contributed by atoms with Crippen molar-refractivity contribution in [3.05, 3.63) is 29.6 Å². The van der Waals surface area contributed by atoms with Gasteiger partial charge < -0.3 is 10.6 Å². The summed E-state index contributed by atoms with van der Waals surface area (Å²) in [5, 5.41) is 5.91. The van der Waals surface area contributed by atoms with E-state index in [0.29, 0.717) is 12.6 Å². The van der Waals surface area contributed by atoms with Gasteiger partial charge in [-0.05, 0) is 31.4 Å². The van der Waals surface area contributed by atoms with Crippen molar-refractivity contribution < 1.29 is 4.79 Å². The number of urea groups is 1. The zero-order chi connectivity index (χ0) is 12.8. The summed E-state index contributed by atoms with van der Waals surface area (Å²) in [6, 6.07) is 4.23. The van der Waals surface area contributed by atoms with E-state index in [1.54, 1.807) is 6.20 Å². The number of nitrogens with zero attached hydrogens (tertiary/aromatic N) is 1. The van der Waals surface area contributed by atoms with E-state index in [1.165, 1.54) is 19.3 Å². The van der Waals surface area contributed by atoms with E-state index in [9.17, 15) is 4.79 Å². The van der Waals surface area contributed by atoms with Gasteiger partial charge in [-0.25, -0.2) is 4.79 Å². The van der Waals surface area contributed by atoms with Crippen LogP contribution in [0.25, 0.3) is 0 Å². The fraction of sp³-hybridized carbons (Fsp3) is 0.571. The Morgan fingerprint density at radius 2 is 2.11 bits per heavy atom. The minimum atomic E-state index is -0.0672. The molecule has 0 aliphatic heterocycles. The van der Waals surface area contributed by atoms with Crippen LogP contribution in [0.3, 0.4) is 0 Å². The highest BCUT2D eigenvalue weighted by Gasteiger charge is 2.15. The Bertz CT molecular complexity index is 383. The smallest absolute Gasteiger partial charge is 0.315 e. The number of hydrogen-bond donors (Lipinski definition) is 2. The standard InChI is InChI=1S/C14H21N3O/c1-11-7-8-12(9-15-11)10-16-14(18)17-13-5-3-2-4-6-13/h7-9,13H,2-6,10H2,1H3,(H2,16,17,18). The first-order valence-electron chi connectivity index (χ1n) is 6.70. The zero-order valence-corrected chi connectivity index (χ0v) is 10.9. The summed E-state index contributed by atoms with van der Waals surface area (Å²) in [4.78, 5) is 15.9. The van der Waals surface area contributed by atoms with Crippen molar-refractivity contribution in [2.24, 2.45) is 0 Å². The van der Waals surface area contributed by atoms with Gasteiger partial charge in [-0.1, -0.05) is 25.3 Å². The molecular formula is C14H21N3O. The Labute approximate surface area is 108 Å². The maximum Gasteiger partial charge on any atom is 0.315 e. The fourth-order valence-corrected chi connectivity index (χ4v) is 2.27. The molecule has 1 heterocycles. The van der Waals surface area contributed by atoms with Crippen LogP contribution in [0, 0.1) is 6.92 Å².